The van der Waals surface area contributed by atoms with Crippen LogP contribution in [0.5, 0.6) is 0 Å². The Balaban J connectivity index is 1.75. The van der Waals surface area contributed by atoms with Crippen molar-refractivity contribution in [3.63, 3.8) is 0 Å². The summed E-state index contributed by atoms with van der Waals surface area (Å²) in [4.78, 5) is 39.8. The molecule has 0 aromatic heterocycles. The van der Waals surface area contributed by atoms with Crippen LogP contribution in [0, 0.1) is 0 Å². The Morgan fingerprint density at radius 2 is 1.78 bits per heavy atom. The Morgan fingerprint density at radius 3 is 2.41 bits per heavy atom. The number of hydrogen-bond donors (Lipinski definition) is 1. The van der Waals surface area contributed by atoms with Gasteiger partial charge in [0.25, 0.3) is 5.91 Å². The van der Waals surface area contributed by atoms with Gasteiger partial charge >= 0.3 is 12.2 Å². The molecular formula is C18H20F3N3O3. The lowest BCUT2D eigenvalue weighted by Crippen LogP contribution is -2.49. The summed E-state index contributed by atoms with van der Waals surface area (Å²) in [6.07, 6.45) is -0.974. The van der Waals surface area contributed by atoms with E-state index in [4.69, 9.17) is 0 Å². The van der Waals surface area contributed by atoms with Crippen LogP contribution in [0.1, 0.15) is 37.7 Å². The predicted molar refractivity (Wildman–Crippen MR) is 90.8 cm³/mol. The van der Waals surface area contributed by atoms with Gasteiger partial charge in [0, 0.05) is 7.05 Å². The number of likely N-dealkylation sites (N-methyl/N-ethyl adjacent to an activating group) is 1. The lowest BCUT2D eigenvalue weighted by Gasteiger charge is -2.35. The minimum absolute atomic E-state index is 0.408. The Hall–Kier alpha value is -2.58. The molecule has 1 aliphatic carbocycles. The largest absolute Gasteiger partial charge is 0.418 e. The van der Waals surface area contributed by atoms with E-state index in [2.05, 4.69) is 5.32 Å². The summed E-state index contributed by atoms with van der Waals surface area (Å²) in [5, 5.41) is 2.17. The first-order chi connectivity index (χ1) is 12.7. The Labute approximate surface area is 154 Å². The molecule has 1 spiro atoms. The molecule has 1 heterocycles. The normalized spacial score (nSPS) is 19.7. The topological polar surface area (TPSA) is 69.7 Å². The molecule has 0 radical (unpaired) electrons. The summed E-state index contributed by atoms with van der Waals surface area (Å²) < 4.78 is 39.1. The molecule has 0 unspecified atom stereocenters. The number of benzene rings is 1. The number of amides is 4. The van der Waals surface area contributed by atoms with Crippen molar-refractivity contribution in [2.24, 2.45) is 0 Å². The molecule has 27 heavy (non-hydrogen) atoms. The van der Waals surface area contributed by atoms with Gasteiger partial charge in [-0.3, -0.25) is 14.5 Å². The van der Waals surface area contributed by atoms with E-state index >= 15 is 0 Å². The monoisotopic (exact) mass is 383 g/mol. The van der Waals surface area contributed by atoms with Gasteiger partial charge in [0.05, 0.1) is 11.3 Å². The van der Waals surface area contributed by atoms with Crippen LogP contribution in [-0.4, -0.2) is 46.8 Å². The number of nitrogens with one attached hydrogen (secondary N) is 1. The van der Waals surface area contributed by atoms with Crippen molar-refractivity contribution in [1.29, 1.82) is 0 Å². The number of nitrogens with zero attached hydrogens (tertiary/aromatic N) is 2. The number of para-hydroxylation sites is 1. The molecule has 1 aliphatic heterocycles. The van der Waals surface area contributed by atoms with E-state index in [1.165, 1.54) is 24.1 Å². The highest BCUT2D eigenvalue weighted by Crippen LogP contribution is 2.39. The summed E-state index contributed by atoms with van der Waals surface area (Å²) in [6, 6.07) is 3.96. The quantitative estimate of drug-likeness (QED) is 0.815. The van der Waals surface area contributed by atoms with Crippen molar-refractivity contribution in [1.82, 2.24) is 9.80 Å². The fourth-order valence-corrected chi connectivity index (χ4v) is 3.84. The third-order valence-corrected chi connectivity index (χ3v) is 5.29. The highest BCUT2D eigenvalue weighted by molar-refractivity contribution is 6.10. The van der Waals surface area contributed by atoms with Gasteiger partial charge in [0.2, 0.25) is 5.91 Å². The molecule has 2 aliphatic rings. The number of rotatable bonds is 3. The maximum atomic E-state index is 13.0. The van der Waals surface area contributed by atoms with Gasteiger partial charge in [0.15, 0.2) is 0 Å². The number of carbonyl (C=O) groups is 3. The summed E-state index contributed by atoms with van der Waals surface area (Å²) in [5.74, 6) is -1.30. The average molecular weight is 383 g/mol. The zero-order chi connectivity index (χ0) is 19.8. The van der Waals surface area contributed by atoms with Crippen molar-refractivity contribution in [3.8, 4) is 0 Å². The number of imide groups is 1. The van der Waals surface area contributed by atoms with E-state index in [0.29, 0.717) is 12.8 Å². The van der Waals surface area contributed by atoms with Gasteiger partial charge in [0.1, 0.15) is 12.1 Å². The number of alkyl halides is 3. The van der Waals surface area contributed by atoms with Gasteiger partial charge in [-0.05, 0) is 25.0 Å². The molecule has 4 amide bonds. The Kier molecular flexibility index (Phi) is 4.88. The Bertz CT molecular complexity index is 773. The fraction of sp³-hybridized carbons (Fsp3) is 0.500. The van der Waals surface area contributed by atoms with E-state index < -0.39 is 47.4 Å². The smallest absolute Gasteiger partial charge is 0.324 e. The molecular weight excluding hydrogens is 363 g/mol. The lowest BCUT2D eigenvalue weighted by atomic mass is 9.81. The molecule has 1 aromatic carbocycles. The van der Waals surface area contributed by atoms with Crippen LogP contribution in [0.2, 0.25) is 0 Å². The number of hydrogen-bond acceptors (Lipinski definition) is 3. The molecule has 0 bridgehead atoms. The summed E-state index contributed by atoms with van der Waals surface area (Å²) in [5.41, 5.74) is -2.33. The van der Waals surface area contributed by atoms with Gasteiger partial charge < -0.3 is 10.2 Å². The minimum Gasteiger partial charge on any atom is -0.324 e. The van der Waals surface area contributed by atoms with Crippen LogP contribution < -0.4 is 5.32 Å². The molecule has 1 saturated carbocycles. The van der Waals surface area contributed by atoms with Crippen molar-refractivity contribution in [2.45, 2.75) is 43.8 Å². The first-order valence-corrected chi connectivity index (χ1v) is 8.73. The van der Waals surface area contributed by atoms with Gasteiger partial charge in [-0.2, -0.15) is 13.2 Å². The van der Waals surface area contributed by atoms with Gasteiger partial charge in [-0.1, -0.05) is 31.4 Å². The van der Waals surface area contributed by atoms with E-state index in [1.54, 1.807) is 0 Å². The van der Waals surface area contributed by atoms with E-state index in [0.717, 1.165) is 36.3 Å². The predicted octanol–water partition coefficient (Wildman–Crippen LogP) is 3.24. The van der Waals surface area contributed by atoms with Crippen molar-refractivity contribution < 1.29 is 27.6 Å². The van der Waals surface area contributed by atoms with Crippen molar-refractivity contribution >= 4 is 23.5 Å². The van der Waals surface area contributed by atoms with Crippen LogP contribution in [0.3, 0.4) is 0 Å². The Morgan fingerprint density at radius 1 is 1.15 bits per heavy atom. The molecule has 0 atom stereocenters. The van der Waals surface area contributed by atoms with Crippen molar-refractivity contribution in [3.05, 3.63) is 29.8 Å². The van der Waals surface area contributed by atoms with Crippen LogP contribution in [-0.2, 0) is 15.8 Å². The number of halogens is 3. The molecule has 1 saturated heterocycles. The number of carbonyl (C=O) groups excluding carboxylic acids is 3. The van der Waals surface area contributed by atoms with Gasteiger partial charge in [-0.15, -0.1) is 0 Å². The number of anilines is 1. The zero-order valence-corrected chi connectivity index (χ0v) is 14.8. The first-order valence-electron chi connectivity index (χ1n) is 8.73. The summed E-state index contributed by atoms with van der Waals surface area (Å²) >= 11 is 0. The third kappa shape index (κ3) is 3.38. The number of urea groups is 1. The van der Waals surface area contributed by atoms with Crippen molar-refractivity contribution in [2.75, 3.05) is 18.9 Å². The lowest BCUT2D eigenvalue weighted by molar-refractivity contribution is -0.138. The van der Waals surface area contributed by atoms with E-state index in [-0.39, 0.29) is 0 Å². The summed E-state index contributed by atoms with van der Waals surface area (Å²) in [7, 11) is 1.53. The minimum atomic E-state index is -4.63. The maximum Gasteiger partial charge on any atom is 0.418 e. The highest BCUT2D eigenvalue weighted by atomic mass is 19.4. The van der Waals surface area contributed by atoms with Crippen LogP contribution in [0.25, 0.3) is 0 Å². The maximum absolute atomic E-state index is 13.0. The molecule has 146 valence electrons. The molecule has 3 rings (SSSR count). The molecule has 2 fully saturated rings. The SMILES string of the molecule is CN1C(=O)N(CC(=O)Nc2ccccc2C(F)(F)F)C(=O)C12CCCCC2. The molecule has 6 nitrogen and oxygen atoms in total. The molecule has 1 N–H and O–H groups in total. The van der Waals surface area contributed by atoms with Gasteiger partial charge in [-0.25, -0.2) is 4.79 Å². The standard InChI is InChI=1S/C18H20F3N3O3/c1-23-16(27)24(15(26)17(23)9-5-2-6-10-17)11-14(25)22-13-8-4-3-7-12(13)18(19,20)21/h3-4,7-8H,2,5-6,9-11H2,1H3,(H,22,25). The second-order valence-electron chi connectivity index (χ2n) is 6.92. The second-order valence-corrected chi connectivity index (χ2v) is 6.92. The van der Waals surface area contributed by atoms with Crippen LogP contribution in [0.4, 0.5) is 23.7 Å². The molecule has 1 aromatic rings. The van der Waals surface area contributed by atoms with Crippen LogP contribution >= 0.6 is 0 Å². The van der Waals surface area contributed by atoms with Crippen LogP contribution in [0.15, 0.2) is 24.3 Å². The highest BCUT2D eigenvalue weighted by Gasteiger charge is 2.55. The summed E-state index contributed by atoms with van der Waals surface area (Å²) in [6.45, 7) is -0.615. The van der Waals surface area contributed by atoms with E-state index in [9.17, 15) is 27.6 Å². The zero-order valence-electron chi connectivity index (χ0n) is 14.8. The average Bonchev–Trinajstić information content (AvgIpc) is 2.78. The van der Waals surface area contributed by atoms with E-state index in [1.807, 2.05) is 0 Å². The second kappa shape index (κ2) is 6.86. The first kappa shape index (κ1) is 19.2. The fourth-order valence-electron chi connectivity index (χ4n) is 3.84. The molecule has 9 heteroatoms. The third-order valence-electron chi connectivity index (χ3n) is 5.29.